The van der Waals surface area contributed by atoms with Gasteiger partial charge in [0, 0.05) is 12.0 Å². The average molecular weight is 177 g/mol. The highest BCUT2D eigenvalue weighted by atomic mass is 32.1. The van der Waals surface area contributed by atoms with Crippen LogP contribution >= 0.6 is 12.2 Å². The number of hydrogen-bond acceptors (Lipinski definition) is 3. The minimum Gasteiger partial charge on any atom is -0.465 e. The van der Waals surface area contributed by atoms with E-state index < -0.39 is 6.09 Å². The number of methoxy groups -OCH3 is 1. The topological polar surface area (TPSA) is 58.6 Å². The molecule has 0 aliphatic heterocycles. The number of thiocarbonyl (C=S) groups is 1. The maximum atomic E-state index is 10.1. The zero-order valence-electron chi connectivity index (χ0n) is 6.46. The third kappa shape index (κ3) is 4.69. The van der Waals surface area contributed by atoms with Gasteiger partial charge in [-0.2, -0.15) is 0 Å². The minimum absolute atomic E-state index is 0.302. The summed E-state index contributed by atoms with van der Waals surface area (Å²) in [4.78, 5) is 10.7. The Morgan fingerprint density at radius 2 is 2.36 bits per heavy atom. The number of hydrogen-bond donors (Lipinski definition) is 2. The summed E-state index contributed by atoms with van der Waals surface area (Å²) >= 11 is 4.84. The second kappa shape index (κ2) is 5.03. The summed E-state index contributed by atoms with van der Waals surface area (Å²) < 4.78 is 4.73. The van der Waals surface area contributed by atoms with Gasteiger partial charge >= 0.3 is 6.09 Å². The van der Waals surface area contributed by atoms with Gasteiger partial charge in [-0.25, -0.2) is 4.79 Å². The second-order valence-corrected chi connectivity index (χ2v) is 2.59. The molecular weight excluding hydrogens is 166 g/mol. The maximum absolute atomic E-state index is 10.1. The van der Waals surface area contributed by atoms with Crippen molar-refractivity contribution < 1.29 is 14.6 Å². The standard InChI is InChI=1S/C6H11NO3S/c1-4(7-6(8)9)5(11)3-10-2/h4,7H,3H2,1-2H3,(H,8,9)/t4-/m0/s1. The Bertz CT molecular complexity index is 160. The summed E-state index contributed by atoms with van der Waals surface area (Å²) in [7, 11) is 1.51. The molecule has 0 heterocycles. The molecular formula is C6H11NO3S. The number of amides is 1. The van der Waals surface area contributed by atoms with Gasteiger partial charge in [-0.15, -0.1) is 0 Å². The zero-order valence-corrected chi connectivity index (χ0v) is 7.27. The highest BCUT2D eigenvalue weighted by Crippen LogP contribution is 1.88. The summed E-state index contributed by atoms with van der Waals surface area (Å²) in [6.07, 6.45) is -1.07. The summed E-state index contributed by atoms with van der Waals surface area (Å²) in [6, 6.07) is -0.331. The van der Waals surface area contributed by atoms with Crippen molar-refractivity contribution in [2.75, 3.05) is 13.7 Å². The van der Waals surface area contributed by atoms with E-state index in [1.807, 2.05) is 0 Å². The Morgan fingerprint density at radius 3 is 2.73 bits per heavy atom. The fraction of sp³-hybridized carbons (Fsp3) is 0.667. The van der Waals surface area contributed by atoms with Crippen LogP contribution < -0.4 is 5.32 Å². The van der Waals surface area contributed by atoms with Gasteiger partial charge < -0.3 is 15.2 Å². The Kier molecular flexibility index (Phi) is 4.72. The van der Waals surface area contributed by atoms with E-state index >= 15 is 0 Å². The van der Waals surface area contributed by atoms with Crippen molar-refractivity contribution >= 4 is 23.2 Å². The van der Waals surface area contributed by atoms with Gasteiger partial charge in [-0.1, -0.05) is 12.2 Å². The van der Waals surface area contributed by atoms with E-state index in [4.69, 9.17) is 22.1 Å². The first-order valence-electron chi connectivity index (χ1n) is 3.09. The highest BCUT2D eigenvalue weighted by Gasteiger charge is 2.09. The second-order valence-electron chi connectivity index (χ2n) is 2.07. The number of rotatable bonds is 4. The van der Waals surface area contributed by atoms with E-state index in [0.717, 1.165) is 0 Å². The number of ether oxygens (including phenoxy) is 1. The van der Waals surface area contributed by atoms with Crippen LogP contribution in [0.5, 0.6) is 0 Å². The molecule has 1 amide bonds. The molecule has 0 aromatic rings. The van der Waals surface area contributed by atoms with Crippen LogP contribution in [-0.4, -0.2) is 35.8 Å². The molecule has 4 nitrogen and oxygen atoms in total. The predicted molar refractivity (Wildman–Crippen MR) is 45.1 cm³/mol. The molecule has 0 saturated carbocycles. The first-order valence-corrected chi connectivity index (χ1v) is 3.50. The molecule has 11 heavy (non-hydrogen) atoms. The Balaban J connectivity index is 3.73. The summed E-state index contributed by atoms with van der Waals surface area (Å²) in [6.45, 7) is 1.98. The quantitative estimate of drug-likeness (QED) is 0.619. The molecule has 0 spiro atoms. The van der Waals surface area contributed by atoms with E-state index in [0.29, 0.717) is 11.5 Å². The average Bonchev–Trinajstić information content (AvgIpc) is 1.86. The van der Waals surface area contributed by atoms with E-state index in [1.54, 1.807) is 6.92 Å². The summed E-state index contributed by atoms with van der Waals surface area (Å²) in [5.74, 6) is 0. The van der Waals surface area contributed by atoms with Gasteiger partial charge in [-0.3, -0.25) is 0 Å². The molecule has 0 unspecified atom stereocenters. The van der Waals surface area contributed by atoms with Gasteiger partial charge in [-0.05, 0) is 6.92 Å². The molecule has 64 valence electrons. The molecule has 0 saturated heterocycles. The molecule has 5 heteroatoms. The van der Waals surface area contributed by atoms with Gasteiger partial charge in [0.05, 0.1) is 12.6 Å². The van der Waals surface area contributed by atoms with E-state index in [9.17, 15) is 4.79 Å². The van der Waals surface area contributed by atoms with Crippen molar-refractivity contribution in [1.29, 1.82) is 0 Å². The van der Waals surface area contributed by atoms with Crippen LogP contribution in [0.4, 0.5) is 4.79 Å². The van der Waals surface area contributed by atoms with Crippen LogP contribution in [0.2, 0.25) is 0 Å². The van der Waals surface area contributed by atoms with Crippen molar-refractivity contribution in [3.8, 4) is 0 Å². The molecule has 0 radical (unpaired) electrons. The predicted octanol–water partition coefficient (Wildman–Crippen LogP) is 0.659. The van der Waals surface area contributed by atoms with Crippen molar-refractivity contribution in [1.82, 2.24) is 5.32 Å². The lowest BCUT2D eigenvalue weighted by molar-refractivity contribution is 0.192. The van der Waals surface area contributed by atoms with Gasteiger partial charge in [0.25, 0.3) is 0 Å². The van der Waals surface area contributed by atoms with Crippen molar-refractivity contribution in [2.24, 2.45) is 0 Å². The fourth-order valence-electron chi connectivity index (χ4n) is 0.533. The molecule has 1 atom stereocenters. The largest absolute Gasteiger partial charge is 0.465 e. The Hall–Kier alpha value is -0.680. The van der Waals surface area contributed by atoms with Crippen molar-refractivity contribution in [3.63, 3.8) is 0 Å². The monoisotopic (exact) mass is 177 g/mol. The van der Waals surface area contributed by atoms with Crippen LogP contribution in [0.25, 0.3) is 0 Å². The van der Waals surface area contributed by atoms with E-state index in [2.05, 4.69) is 5.32 Å². The molecule has 0 aliphatic carbocycles. The van der Waals surface area contributed by atoms with Gasteiger partial charge in [0.2, 0.25) is 0 Å². The molecule has 0 aromatic carbocycles. The lowest BCUT2D eigenvalue weighted by Gasteiger charge is -2.11. The molecule has 2 N–H and O–H groups in total. The summed E-state index contributed by atoms with van der Waals surface area (Å²) in [5.41, 5.74) is 0. The van der Waals surface area contributed by atoms with Crippen LogP contribution in [0.15, 0.2) is 0 Å². The van der Waals surface area contributed by atoms with Crippen LogP contribution in [0.3, 0.4) is 0 Å². The molecule has 0 rings (SSSR count). The number of nitrogens with one attached hydrogen (secondary N) is 1. The van der Waals surface area contributed by atoms with Crippen LogP contribution in [0, 0.1) is 0 Å². The lowest BCUT2D eigenvalue weighted by Crippen LogP contribution is -2.38. The third-order valence-electron chi connectivity index (χ3n) is 1.11. The fourth-order valence-corrected chi connectivity index (χ4v) is 0.710. The SMILES string of the molecule is COCC(=S)[C@H](C)NC(=O)O. The maximum Gasteiger partial charge on any atom is 0.405 e. The lowest BCUT2D eigenvalue weighted by atomic mass is 10.2. The number of carboxylic acid groups (broad SMARTS) is 1. The smallest absolute Gasteiger partial charge is 0.405 e. The number of carbonyl (C=O) groups is 1. The van der Waals surface area contributed by atoms with Crippen molar-refractivity contribution in [2.45, 2.75) is 13.0 Å². The third-order valence-corrected chi connectivity index (χ3v) is 1.58. The molecule has 0 fully saturated rings. The minimum atomic E-state index is -1.07. The first-order chi connectivity index (χ1) is 5.07. The zero-order chi connectivity index (χ0) is 8.85. The normalized spacial score (nSPS) is 12.2. The van der Waals surface area contributed by atoms with Gasteiger partial charge in [0.1, 0.15) is 0 Å². The van der Waals surface area contributed by atoms with Crippen molar-refractivity contribution in [3.05, 3.63) is 0 Å². The first kappa shape index (κ1) is 10.3. The molecule has 0 aliphatic rings. The van der Waals surface area contributed by atoms with E-state index in [-0.39, 0.29) is 6.04 Å². The van der Waals surface area contributed by atoms with Gasteiger partial charge in [0.15, 0.2) is 0 Å². The Morgan fingerprint density at radius 1 is 1.82 bits per heavy atom. The molecule has 0 aromatic heterocycles. The van der Waals surface area contributed by atoms with Crippen LogP contribution in [-0.2, 0) is 4.74 Å². The van der Waals surface area contributed by atoms with E-state index in [1.165, 1.54) is 7.11 Å². The Labute approximate surface area is 70.5 Å². The summed E-state index contributed by atoms with van der Waals surface area (Å²) in [5, 5.41) is 10.5. The highest BCUT2D eigenvalue weighted by molar-refractivity contribution is 7.80. The van der Waals surface area contributed by atoms with Crippen LogP contribution in [0.1, 0.15) is 6.92 Å². The molecule has 0 bridgehead atoms.